The fraction of sp³-hybridized carbons (Fsp3) is 0.467. The predicted molar refractivity (Wildman–Crippen MR) is 146 cm³/mol. The summed E-state index contributed by atoms with van der Waals surface area (Å²) in [6.07, 6.45) is 6.61. The molecule has 0 saturated heterocycles. The van der Waals surface area contributed by atoms with Crippen LogP contribution >= 0.6 is 0 Å². The number of ether oxygens (including phenoxy) is 1. The van der Waals surface area contributed by atoms with Gasteiger partial charge in [0.15, 0.2) is 0 Å². The van der Waals surface area contributed by atoms with Crippen LogP contribution in [0.15, 0.2) is 35.1 Å². The van der Waals surface area contributed by atoms with Crippen molar-refractivity contribution in [2.45, 2.75) is 63.8 Å². The van der Waals surface area contributed by atoms with Crippen molar-refractivity contribution in [1.82, 2.24) is 9.55 Å². The van der Waals surface area contributed by atoms with E-state index in [1.165, 1.54) is 34.2 Å². The fourth-order valence-electron chi connectivity index (χ4n) is 6.22. The first-order valence-electron chi connectivity index (χ1n) is 13.5. The summed E-state index contributed by atoms with van der Waals surface area (Å²) >= 11 is 0. The number of hydrogen-bond acceptors (Lipinski definition) is 7. The Morgan fingerprint density at radius 1 is 1.00 bits per heavy atom. The molecule has 8 nitrogen and oxygen atoms in total. The number of pyridine rings is 2. The summed E-state index contributed by atoms with van der Waals surface area (Å²) in [6.45, 7) is 2.51. The second kappa shape index (κ2) is 9.78. The lowest BCUT2D eigenvalue weighted by Crippen LogP contribution is -2.44. The molecule has 0 amide bonds. The number of hydrogen-bond donors (Lipinski definition) is 0. The third-order valence-corrected chi connectivity index (χ3v) is 8.64. The Morgan fingerprint density at radius 2 is 1.74 bits per heavy atom. The number of anilines is 2. The SMILES string of the molecule is Cn1c(=O)c(C#N)c(N(C)[C@H]2CC[C@@H](N(CC3CC3)c3ccc4c(c3)COC4)CC2)c2nc(C#N)ccc21. The summed E-state index contributed by atoms with van der Waals surface area (Å²) in [5.74, 6) is 0.783. The maximum Gasteiger partial charge on any atom is 0.270 e. The first-order valence-corrected chi connectivity index (χ1v) is 13.5. The van der Waals surface area contributed by atoms with Crippen LogP contribution < -0.4 is 15.4 Å². The zero-order valence-electron chi connectivity index (χ0n) is 22.0. The Morgan fingerprint density at radius 3 is 2.45 bits per heavy atom. The number of fused-ring (bicyclic) bond motifs is 2. The molecule has 6 rings (SSSR count). The highest BCUT2D eigenvalue weighted by atomic mass is 16.5. The van der Waals surface area contributed by atoms with Crippen LogP contribution in [0.25, 0.3) is 11.0 Å². The van der Waals surface area contributed by atoms with E-state index in [9.17, 15) is 15.3 Å². The van der Waals surface area contributed by atoms with Crippen molar-refractivity contribution in [2.24, 2.45) is 13.0 Å². The first kappa shape index (κ1) is 24.5. The standard InChI is InChI=1S/C30H32N6O2/c1-34(29-26(15-32)30(37)35(2)27-12-6-22(14-31)33-28(27)29)23-8-10-24(11-9-23)36(16-19-3-4-19)25-7-5-20-17-38-18-21(20)13-25/h5-7,12-13,19,23-24H,3-4,8-11,16-18H2,1-2H3/t23-,24+. The smallest absolute Gasteiger partial charge is 0.270 e. The highest BCUT2D eigenvalue weighted by Crippen LogP contribution is 2.38. The maximum absolute atomic E-state index is 13.1. The molecule has 0 unspecified atom stereocenters. The van der Waals surface area contributed by atoms with Gasteiger partial charge in [0.25, 0.3) is 5.56 Å². The molecule has 2 aliphatic carbocycles. The van der Waals surface area contributed by atoms with Crippen LogP contribution in [-0.4, -0.2) is 35.2 Å². The quantitative estimate of drug-likeness (QED) is 0.488. The summed E-state index contributed by atoms with van der Waals surface area (Å²) in [5.41, 5.74) is 5.63. The third kappa shape index (κ3) is 4.29. The van der Waals surface area contributed by atoms with Gasteiger partial charge in [-0.1, -0.05) is 6.07 Å². The molecule has 194 valence electrons. The van der Waals surface area contributed by atoms with E-state index in [4.69, 9.17) is 4.74 Å². The topological polar surface area (TPSA) is 98.2 Å². The van der Waals surface area contributed by atoms with Gasteiger partial charge in [-0.2, -0.15) is 10.5 Å². The average Bonchev–Trinajstić information content (AvgIpc) is 3.66. The first-order chi connectivity index (χ1) is 18.5. The Balaban J connectivity index is 1.27. The molecule has 1 aromatic carbocycles. The Hall–Kier alpha value is -3.88. The third-order valence-electron chi connectivity index (χ3n) is 8.64. The molecular formula is C30H32N6O2. The zero-order valence-corrected chi connectivity index (χ0v) is 22.0. The van der Waals surface area contributed by atoms with Crippen molar-refractivity contribution >= 4 is 22.4 Å². The summed E-state index contributed by atoms with van der Waals surface area (Å²) in [4.78, 5) is 22.3. The zero-order chi connectivity index (χ0) is 26.4. The van der Waals surface area contributed by atoms with E-state index in [-0.39, 0.29) is 22.9 Å². The number of nitrogens with zero attached hydrogens (tertiary/aromatic N) is 6. The van der Waals surface area contributed by atoms with Crippen LogP contribution in [0.1, 0.15) is 60.9 Å². The molecule has 3 aliphatic rings. The van der Waals surface area contributed by atoms with Gasteiger partial charge in [-0.3, -0.25) is 4.79 Å². The summed E-state index contributed by atoms with van der Waals surface area (Å²) in [7, 11) is 3.61. The van der Waals surface area contributed by atoms with Crippen LogP contribution in [-0.2, 0) is 25.0 Å². The number of aromatic nitrogens is 2. The van der Waals surface area contributed by atoms with Crippen LogP contribution in [0.2, 0.25) is 0 Å². The normalized spacial score (nSPS) is 20.5. The van der Waals surface area contributed by atoms with Gasteiger partial charge in [-0.15, -0.1) is 0 Å². The van der Waals surface area contributed by atoms with E-state index < -0.39 is 0 Å². The minimum Gasteiger partial charge on any atom is -0.372 e. The monoisotopic (exact) mass is 508 g/mol. The Labute approximate surface area is 222 Å². The molecule has 2 fully saturated rings. The average molecular weight is 509 g/mol. The van der Waals surface area contributed by atoms with Gasteiger partial charge in [0.2, 0.25) is 0 Å². The molecule has 0 radical (unpaired) electrons. The van der Waals surface area contributed by atoms with Crippen LogP contribution in [0.5, 0.6) is 0 Å². The molecule has 1 aliphatic heterocycles. The van der Waals surface area contributed by atoms with E-state index in [1.54, 1.807) is 19.2 Å². The minimum absolute atomic E-state index is 0.0860. The van der Waals surface area contributed by atoms with E-state index in [0.29, 0.717) is 36.0 Å². The lowest BCUT2D eigenvalue weighted by atomic mass is 9.88. The van der Waals surface area contributed by atoms with Gasteiger partial charge in [0, 0.05) is 38.4 Å². The van der Waals surface area contributed by atoms with Crippen molar-refractivity contribution < 1.29 is 4.74 Å². The largest absolute Gasteiger partial charge is 0.372 e. The van der Waals surface area contributed by atoms with Gasteiger partial charge in [-0.05, 0) is 79.8 Å². The molecule has 0 spiro atoms. The minimum atomic E-state index is -0.335. The van der Waals surface area contributed by atoms with E-state index in [1.807, 2.05) is 7.05 Å². The van der Waals surface area contributed by atoms with E-state index in [2.05, 4.69) is 45.1 Å². The molecule has 0 atom stereocenters. The highest BCUT2D eigenvalue weighted by molar-refractivity contribution is 5.92. The Bertz CT molecular complexity index is 1540. The summed E-state index contributed by atoms with van der Waals surface area (Å²) < 4.78 is 7.11. The molecule has 38 heavy (non-hydrogen) atoms. The molecule has 0 N–H and O–H groups in total. The lowest BCUT2D eigenvalue weighted by molar-refractivity contribution is 0.134. The molecule has 2 aromatic heterocycles. The van der Waals surface area contributed by atoms with Crippen LogP contribution in [0.4, 0.5) is 11.4 Å². The fourth-order valence-corrected chi connectivity index (χ4v) is 6.22. The molecule has 2 saturated carbocycles. The highest BCUT2D eigenvalue weighted by Gasteiger charge is 2.34. The maximum atomic E-state index is 13.1. The summed E-state index contributed by atoms with van der Waals surface area (Å²) in [6, 6.07) is 15.0. The second-order valence-corrected chi connectivity index (χ2v) is 11.0. The molecule has 3 aromatic rings. The predicted octanol–water partition coefficient (Wildman–Crippen LogP) is 4.37. The lowest BCUT2D eigenvalue weighted by Gasteiger charge is -2.42. The summed E-state index contributed by atoms with van der Waals surface area (Å²) in [5, 5.41) is 19.4. The Kier molecular flexibility index (Phi) is 6.29. The van der Waals surface area contributed by atoms with Crippen molar-refractivity contribution in [1.29, 1.82) is 10.5 Å². The van der Waals surface area contributed by atoms with E-state index in [0.717, 1.165) is 38.1 Å². The molecule has 0 bridgehead atoms. The van der Waals surface area contributed by atoms with Gasteiger partial charge in [0.1, 0.15) is 28.9 Å². The van der Waals surface area contributed by atoms with Gasteiger partial charge >= 0.3 is 0 Å². The molecule has 8 heteroatoms. The van der Waals surface area contributed by atoms with Crippen molar-refractivity contribution in [3.05, 3.63) is 63.1 Å². The number of aryl methyl sites for hydroxylation is 1. The van der Waals surface area contributed by atoms with E-state index >= 15 is 0 Å². The van der Waals surface area contributed by atoms with Crippen molar-refractivity contribution in [3.63, 3.8) is 0 Å². The molecular weight excluding hydrogens is 476 g/mol. The number of benzene rings is 1. The second-order valence-electron chi connectivity index (χ2n) is 11.0. The van der Waals surface area contributed by atoms with Crippen molar-refractivity contribution in [3.8, 4) is 12.1 Å². The van der Waals surface area contributed by atoms with Crippen LogP contribution in [0, 0.1) is 28.6 Å². The van der Waals surface area contributed by atoms with Gasteiger partial charge < -0.3 is 19.1 Å². The number of rotatable bonds is 6. The van der Waals surface area contributed by atoms with Crippen molar-refractivity contribution in [2.75, 3.05) is 23.4 Å². The molecule has 3 heterocycles. The van der Waals surface area contributed by atoms with Crippen LogP contribution in [0.3, 0.4) is 0 Å². The number of nitriles is 2. The van der Waals surface area contributed by atoms with Gasteiger partial charge in [-0.25, -0.2) is 4.98 Å². The van der Waals surface area contributed by atoms with Gasteiger partial charge in [0.05, 0.1) is 24.4 Å².